The van der Waals surface area contributed by atoms with Gasteiger partial charge in [-0.1, -0.05) is 13.3 Å². The standard InChI is InChI=1S/C13H26N2O2/c1-3-5-11-6-9-15(10-11)8-4-7-13(2,14)12(16)17/h11H,3-10,14H2,1-2H3,(H,16,17). The zero-order valence-electron chi connectivity index (χ0n) is 11.1. The molecule has 1 rings (SSSR count). The normalized spacial score (nSPS) is 24.8. The minimum atomic E-state index is -1.07. The van der Waals surface area contributed by atoms with Gasteiger partial charge in [0.05, 0.1) is 0 Å². The topological polar surface area (TPSA) is 66.6 Å². The van der Waals surface area contributed by atoms with E-state index in [0.717, 1.165) is 18.9 Å². The molecule has 1 fully saturated rings. The number of aliphatic carboxylic acids is 1. The SMILES string of the molecule is CCCC1CCN(CCCC(C)(N)C(=O)O)C1. The molecule has 0 saturated carbocycles. The van der Waals surface area contributed by atoms with Crippen molar-refractivity contribution >= 4 is 5.97 Å². The van der Waals surface area contributed by atoms with Crippen molar-refractivity contribution < 1.29 is 9.90 Å². The van der Waals surface area contributed by atoms with Crippen molar-refractivity contribution in [1.29, 1.82) is 0 Å². The van der Waals surface area contributed by atoms with Crippen molar-refractivity contribution in [3.8, 4) is 0 Å². The smallest absolute Gasteiger partial charge is 0.323 e. The molecule has 4 nitrogen and oxygen atoms in total. The van der Waals surface area contributed by atoms with Crippen LogP contribution < -0.4 is 5.73 Å². The highest BCUT2D eigenvalue weighted by atomic mass is 16.4. The third kappa shape index (κ3) is 4.64. The zero-order chi connectivity index (χ0) is 12.9. The summed E-state index contributed by atoms with van der Waals surface area (Å²) in [4.78, 5) is 13.3. The number of nitrogens with zero attached hydrogens (tertiary/aromatic N) is 1. The summed E-state index contributed by atoms with van der Waals surface area (Å²) in [6.45, 7) is 7.16. The van der Waals surface area contributed by atoms with Gasteiger partial charge >= 0.3 is 5.97 Å². The molecule has 1 aliphatic heterocycles. The van der Waals surface area contributed by atoms with Crippen LogP contribution in [0.3, 0.4) is 0 Å². The van der Waals surface area contributed by atoms with Crippen molar-refractivity contribution in [1.82, 2.24) is 4.90 Å². The Morgan fingerprint density at radius 2 is 2.29 bits per heavy atom. The molecule has 0 amide bonds. The Hall–Kier alpha value is -0.610. The third-order valence-electron chi connectivity index (χ3n) is 3.73. The number of carboxylic acid groups (broad SMARTS) is 1. The molecule has 3 N–H and O–H groups in total. The van der Waals surface area contributed by atoms with Crippen LogP contribution in [0.25, 0.3) is 0 Å². The first-order valence-electron chi connectivity index (χ1n) is 6.70. The molecule has 2 unspecified atom stereocenters. The molecule has 0 bridgehead atoms. The number of rotatable bonds is 7. The minimum Gasteiger partial charge on any atom is -0.480 e. The number of hydrogen-bond acceptors (Lipinski definition) is 3. The average Bonchev–Trinajstić information content (AvgIpc) is 2.66. The van der Waals surface area contributed by atoms with E-state index >= 15 is 0 Å². The second kappa shape index (κ2) is 6.36. The molecule has 0 aliphatic carbocycles. The van der Waals surface area contributed by atoms with E-state index in [9.17, 15) is 4.79 Å². The van der Waals surface area contributed by atoms with Gasteiger partial charge in [0, 0.05) is 6.54 Å². The van der Waals surface area contributed by atoms with Gasteiger partial charge in [0.25, 0.3) is 0 Å². The summed E-state index contributed by atoms with van der Waals surface area (Å²) in [6, 6.07) is 0. The van der Waals surface area contributed by atoms with E-state index in [1.807, 2.05) is 0 Å². The Bertz CT molecular complexity index is 254. The molecule has 1 aliphatic rings. The van der Waals surface area contributed by atoms with Gasteiger partial charge in [-0.15, -0.1) is 0 Å². The first kappa shape index (κ1) is 14.5. The Kier molecular flexibility index (Phi) is 5.40. The number of nitrogens with two attached hydrogens (primary N) is 1. The third-order valence-corrected chi connectivity index (χ3v) is 3.73. The van der Waals surface area contributed by atoms with Crippen LogP contribution in [0.1, 0.15) is 46.0 Å². The molecule has 17 heavy (non-hydrogen) atoms. The van der Waals surface area contributed by atoms with E-state index in [2.05, 4.69) is 11.8 Å². The van der Waals surface area contributed by atoms with Gasteiger partial charge in [0.1, 0.15) is 5.54 Å². The van der Waals surface area contributed by atoms with Crippen molar-refractivity contribution in [3.63, 3.8) is 0 Å². The monoisotopic (exact) mass is 242 g/mol. The largest absolute Gasteiger partial charge is 0.480 e. The fraction of sp³-hybridized carbons (Fsp3) is 0.923. The number of likely N-dealkylation sites (tertiary alicyclic amines) is 1. The van der Waals surface area contributed by atoms with Crippen LogP contribution >= 0.6 is 0 Å². The first-order valence-corrected chi connectivity index (χ1v) is 6.70. The molecule has 0 aromatic rings. The van der Waals surface area contributed by atoms with Crippen LogP contribution in [0, 0.1) is 5.92 Å². The molecule has 0 aromatic carbocycles. The molecule has 0 spiro atoms. The van der Waals surface area contributed by atoms with Crippen LogP contribution in [0.2, 0.25) is 0 Å². The molecule has 2 atom stereocenters. The lowest BCUT2D eigenvalue weighted by atomic mass is 9.97. The highest BCUT2D eigenvalue weighted by molar-refractivity contribution is 5.77. The first-order chi connectivity index (χ1) is 7.95. The van der Waals surface area contributed by atoms with Crippen molar-refractivity contribution in [3.05, 3.63) is 0 Å². The maximum atomic E-state index is 10.8. The van der Waals surface area contributed by atoms with E-state index in [-0.39, 0.29) is 0 Å². The van der Waals surface area contributed by atoms with Crippen LogP contribution in [0.4, 0.5) is 0 Å². The Balaban J connectivity index is 2.18. The van der Waals surface area contributed by atoms with E-state index in [4.69, 9.17) is 10.8 Å². The van der Waals surface area contributed by atoms with Gasteiger partial charge in [-0.05, 0) is 51.6 Å². The quantitative estimate of drug-likeness (QED) is 0.713. The molecule has 0 aromatic heterocycles. The van der Waals surface area contributed by atoms with Crippen LogP contribution in [-0.2, 0) is 4.79 Å². The van der Waals surface area contributed by atoms with Crippen LogP contribution in [0.15, 0.2) is 0 Å². The summed E-state index contributed by atoms with van der Waals surface area (Å²) >= 11 is 0. The highest BCUT2D eigenvalue weighted by Gasteiger charge is 2.28. The molecular formula is C13H26N2O2. The summed E-state index contributed by atoms with van der Waals surface area (Å²) in [5, 5.41) is 8.91. The summed E-state index contributed by atoms with van der Waals surface area (Å²) in [7, 11) is 0. The summed E-state index contributed by atoms with van der Waals surface area (Å²) in [5.41, 5.74) is 4.63. The van der Waals surface area contributed by atoms with Gasteiger partial charge in [-0.25, -0.2) is 0 Å². The molecular weight excluding hydrogens is 216 g/mol. The molecule has 0 radical (unpaired) electrons. The van der Waals surface area contributed by atoms with Gasteiger partial charge in [0.15, 0.2) is 0 Å². The maximum absolute atomic E-state index is 10.8. The Morgan fingerprint density at radius 3 is 2.88 bits per heavy atom. The number of hydrogen-bond donors (Lipinski definition) is 2. The number of carboxylic acids is 1. The summed E-state index contributed by atoms with van der Waals surface area (Å²) in [5.74, 6) is -0.0495. The highest BCUT2D eigenvalue weighted by Crippen LogP contribution is 2.21. The molecule has 1 saturated heterocycles. The fourth-order valence-corrected chi connectivity index (χ4v) is 2.54. The van der Waals surface area contributed by atoms with Crippen LogP contribution in [0.5, 0.6) is 0 Å². The second-order valence-electron chi connectivity index (χ2n) is 5.57. The van der Waals surface area contributed by atoms with E-state index in [1.54, 1.807) is 6.92 Å². The molecule has 100 valence electrons. The Morgan fingerprint density at radius 1 is 1.59 bits per heavy atom. The van der Waals surface area contributed by atoms with Gasteiger partial charge in [0.2, 0.25) is 0 Å². The fourth-order valence-electron chi connectivity index (χ4n) is 2.54. The minimum absolute atomic E-state index is 0.553. The van der Waals surface area contributed by atoms with Crippen molar-refractivity contribution in [2.75, 3.05) is 19.6 Å². The average molecular weight is 242 g/mol. The van der Waals surface area contributed by atoms with Crippen LogP contribution in [-0.4, -0.2) is 41.1 Å². The number of carbonyl (C=O) groups is 1. The lowest BCUT2D eigenvalue weighted by Crippen LogP contribution is -2.45. The van der Waals surface area contributed by atoms with E-state index < -0.39 is 11.5 Å². The van der Waals surface area contributed by atoms with E-state index in [1.165, 1.54) is 32.4 Å². The molecule has 1 heterocycles. The predicted molar refractivity (Wildman–Crippen MR) is 68.9 cm³/mol. The Labute approximate surface area is 104 Å². The van der Waals surface area contributed by atoms with Crippen molar-refractivity contribution in [2.24, 2.45) is 11.7 Å². The summed E-state index contributed by atoms with van der Waals surface area (Å²) < 4.78 is 0. The van der Waals surface area contributed by atoms with Gasteiger partial charge < -0.3 is 15.7 Å². The predicted octanol–water partition coefficient (Wildman–Crippen LogP) is 1.69. The van der Waals surface area contributed by atoms with Gasteiger partial charge in [-0.3, -0.25) is 4.79 Å². The summed E-state index contributed by atoms with van der Waals surface area (Å²) in [6.07, 6.45) is 5.31. The lowest BCUT2D eigenvalue weighted by Gasteiger charge is -2.21. The lowest BCUT2D eigenvalue weighted by molar-refractivity contribution is -0.142. The maximum Gasteiger partial charge on any atom is 0.323 e. The molecule has 4 heteroatoms. The van der Waals surface area contributed by atoms with E-state index in [0.29, 0.717) is 6.42 Å². The van der Waals surface area contributed by atoms with Crippen molar-refractivity contribution in [2.45, 2.75) is 51.5 Å². The zero-order valence-corrected chi connectivity index (χ0v) is 11.1. The second-order valence-corrected chi connectivity index (χ2v) is 5.57. The van der Waals surface area contributed by atoms with Gasteiger partial charge in [-0.2, -0.15) is 0 Å².